The molecule has 4 heteroatoms. The van der Waals surface area contributed by atoms with Crippen molar-refractivity contribution < 1.29 is 9.53 Å². The number of hydrogen-bond donors (Lipinski definition) is 1. The summed E-state index contributed by atoms with van der Waals surface area (Å²) in [5.74, 6) is 0.500. The summed E-state index contributed by atoms with van der Waals surface area (Å²) in [5, 5.41) is 3.72. The van der Waals surface area contributed by atoms with Gasteiger partial charge in [0.1, 0.15) is 12.4 Å². The zero-order valence-corrected chi connectivity index (χ0v) is 17.1. The van der Waals surface area contributed by atoms with Crippen LogP contribution in [0.2, 0.25) is 5.02 Å². The number of halogens is 1. The standard InChI is InChI=1S/C24H24ClNO2/c1-16-11-12-19(13-17(16)2)18(3)26-24(27)20-8-6-9-22(14-20)28-15-21-7-4-5-10-23(21)25/h4-14,18H,15H2,1-3H3,(H,26,27)/t18-/m1/s1. The van der Waals surface area contributed by atoms with Gasteiger partial charge in [-0.3, -0.25) is 4.79 Å². The molecule has 0 aliphatic heterocycles. The summed E-state index contributed by atoms with van der Waals surface area (Å²) in [7, 11) is 0. The fraction of sp³-hybridized carbons (Fsp3) is 0.208. The van der Waals surface area contributed by atoms with Crippen molar-refractivity contribution in [3.05, 3.63) is 99.6 Å². The molecular weight excluding hydrogens is 370 g/mol. The van der Waals surface area contributed by atoms with Crippen LogP contribution in [0.3, 0.4) is 0 Å². The molecule has 0 bridgehead atoms. The smallest absolute Gasteiger partial charge is 0.251 e. The average Bonchev–Trinajstić information content (AvgIpc) is 2.69. The number of nitrogens with one attached hydrogen (secondary N) is 1. The number of hydrogen-bond acceptors (Lipinski definition) is 2. The van der Waals surface area contributed by atoms with Crippen LogP contribution in [0.25, 0.3) is 0 Å². The van der Waals surface area contributed by atoms with Gasteiger partial charge in [-0.15, -0.1) is 0 Å². The van der Waals surface area contributed by atoms with Gasteiger partial charge >= 0.3 is 0 Å². The van der Waals surface area contributed by atoms with E-state index in [0.717, 1.165) is 11.1 Å². The van der Waals surface area contributed by atoms with Crippen molar-refractivity contribution in [2.45, 2.75) is 33.4 Å². The minimum absolute atomic E-state index is 0.0838. The van der Waals surface area contributed by atoms with Gasteiger partial charge in [-0.25, -0.2) is 0 Å². The quantitative estimate of drug-likeness (QED) is 0.555. The fourth-order valence-corrected chi connectivity index (χ4v) is 3.09. The van der Waals surface area contributed by atoms with Crippen molar-refractivity contribution in [3.63, 3.8) is 0 Å². The Morgan fingerprint density at radius 3 is 2.54 bits per heavy atom. The first-order valence-electron chi connectivity index (χ1n) is 9.28. The predicted octanol–water partition coefficient (Wildman–Crippen LogP) is 6.03. The van der Waals surface area contributed by atoms with Crippen molar-refractivity contribution >= 4 is 17.5 Å². The van der Waals surface area contributed by atoms with E-state index in [1.54, 1.807) is 12.1 Å². The average molecular weight is 394 g/mol. The Labute approximate surface area is 171 Å². The first-order valence-corrected chi connectivity index (χ1v) is 9.66. The molecule has 0 saturated carbocycles. The second-order valence-corrected chi connectivity index (χ2v) is 7.35. The number of carbonyl (C=O) groups excluding carboxylic acids is 1. The summed E-state index contributed by atoms with van der Waals surface area (Å²) in [6, 6.07) is 20.9. The van der Waals surface area contributed by atoms with E-state index in [4.69, 9.17) is 16.3 Å². The van der Waals surface area contributed by atoms with Gasteiger partial charge in [0.25, 0.3) is 5.91 Å². The van der Waals surface area contributed by atoms with E-state index >= 15 is 0 Å². The highest BCUT2D eigenvalue weighted by atomic mass is 35.5. The Balaban J connectivity index is 1.66. The van der Waals surface area contributed by atoms with E-state index in [0.29, 0.717) is 22.9 Å². The lowest BCUT2D eigenvalue weighted by molar-refractivity contribution is 0.0939. The molecule has 0 aromatic heterocycles. The SMILES string of the molecule is Cc1ccc([C@@H](C)NC(=O)c2cccc(OCc3ccccc3Cl)c2)cc1C. The lowest BCUT2D eigenvalue weighted by Crippen LogP contribution is -2.26. The Kier molecular flexibility index (Phi) is 6.37. The second kappa shape index (κ2) is 8.94. The minimum Gasteiger partial charge on any atom is -0.489 e. The van der Waals surface area contributed by atoms with Crippen molar-refractivity contribution in [2.75, 3.05) is 0 Å². The lowest BCUT2D eigenvalue weighted by atomic mass is 10.0. The third-order valence-corrected chi connectivity index (χ3v) is 5.20. The zero-order chi connectivity index (χ0) is 20.1. The lowest BCUT2D eigenvalue weighted by Gasteiger charge is -2.16. The highest BCUT2D eigenvalue weighted by molar-refractivity contribution is 6.31. The second-order valence-electron chi connectivity index (χ2n) is 6.95. The number of amides is 1. The molecular formula is C24H24ClNO2. The summed E-state index contributed by atoms with van der Waals surface area (Å²) in [4.78, 5) is 12.7. The molecule has 0 aliphatic carbocycles. The van der Waals surface area contributed by atoms with E-state index in [1.807, 2.05) is 43.3 Å². The molecule has 3 rings (SSSR count). The molecule has 3 aromatic rings. The van der Waals surface area contributed by atoms with E-state index in [1.165, 1.54) is 11.1 Å². The monoisotopic (exact) mass is 393 g/mol. The number of benzene rings is 3. The topological polar surface area (TPSA) is 38.3 Å². The molecule has 3 nitrogen and oxygen atoms in total. The Hall–Kier alpha value is -2.78. The molecule has 0 unspecified atom stereocenters. The van der Waals surface area contributed by atoms with Gasteiger partial charge in [0.05, 0.1) is 6.04 Å². The van der Waals surface area contributed by atoms with Crippen LogP contribution in [-0.4, -0.2) is 5.91 Å². The van der Waals surface area contributed by atoms with Crippen molar-refractivity contribution in [1.82, 2.24) is 5.32 Å². The maximum absolute atomic E-state index is 12.7. The minimum atomic E-state index is -0.131. The first-order chi connectivity index (χ1) is 13.4. The molecule has 3 aromatic carbocycles. The summed E-state index contributed by atoms with van der Waals surface area (Å²) < 4.78 is 5.82. The Bertz CT molecular complexity index is 984. The molecule has 1 N–H and O–H groups in total. The van der Waals surface area contributed by atoms with Crippen molar-refractivity contribution in [1.29, 1.82) is 0 Å². The highest BCUT2D eigenvalue weighted by Crippen LogP contribution is 2.21. The Morgan fingerprint density at radius 1 is 1.00 bits per heavy atom. The summed E-state index contributed by atoms with van der Waals surface area (Å²) in [6.07, 6.45) is 0. The molecule has 1 atom stereocenters. The van der Waals surface area contributed by atoms with Crippen molar-refractivity contribution in [2.24, 2.45) is 0 Å². The maximum Gasteiger partial charge on any atom is 0.251 e. The summed E-state index contributed by atoms with van der Waals surface area (Å²) in [6.45, 7) is 6.49. The summed E-state index contributed by atoms with van der Waals surface area (Å²) >= 11 is 6.16. The molecule has 0 heterocycles. The number of ether oxygens (including phenoxy) is 1. The molecule has 28 heavy (non-hydrogen) atoms. The molecule has 0 saturated heterocycles. The largest absolute Gasteiger partial charge is 0.489 e. The van der Waals surface area contributed by atoms with Crippen LogP contribution in [-0.2, 0) is 6.61 Å². The Morgan fingerprint density at radius 2 is 1.79 bits per heavy atom. The van der Waals surface area contributed by atoms with Gasteiger partial charge in [0.2, 0.25) is 0 Å². The number of rotatable bonds is 6. The third kappa shape index (κ3) is 4.93. The van der Waals surface area contributed by atoms with Gasteiger partial charge < -0.3 is 10.1 Å². The number of carbonyl (C=O) groups is 1. The maximum atomic E-state index is 12.7. The van der Waals surface area contributed by atoms with Crippen molar-refractivity contribution in [3.8, 4) is 5.75 Å². The first kappa shape index (κ1) is 20.0. The van der Waals surface area contributed by atoms with Gasteiger partial charge in [0, 0.05) is 16.1 Å². The van der Waals surface area contributed by atoms with Crippen LogP contribution in [0.5, 0.6) is 5.75 Å². The third-order valence-electron chi connectivity index (χ3n) is 4.83. The molecule has 0 aliphatic rings. The van der Waals surface area contributed by atoms with Gasteiger partial charge in [0.15, 0.2) is 0 Å². The van der Waals surface area contributed by atoms with E-state index in [2.05, 4.69) is 37.4 Å². The molecule has 1 amide bonds. The van der Waals surface area contributed by atoms with Crippen LogP contribution in [0, 0.1) is 13.8 Å². The summed E-state index contributed by atoms with van der Waals surface area (Å²) in [5.41, 5.74) is 5.01. The predicted molar refractivity (Wildman–Crippen MR) is 114 cm³/mol. The molecule has 0 fully saturated rings. The zero-order valence-electron chi connectivity index (χ0n) is 16.3. The van der Waals surface area contributed by atoms with E-state index < -0.39 is 0 Å². The van der Waals surface area contributed by atoms with E-state index in [-0.39, 0.29) is 11.9 Å². The normalized spacial score (nSPS) is 11.7. The van der Waals surface area contributed by atoms with Crippen LogP contribution < -0.4 is 10.1 Å². The van der Waals surface area contributed by atoms with Crippen LogP contribution in [0.1, 0.15) is 45.6 Å². The van der Waals surface area contributed by atoms with Gasteiger partial charge in [-0.1, -0.05) is 54.1 Å². The fourth-order valence-electron chi connectivity index (χ4n) is 2.90. The highest BCUT2D eigenvalue weighted by Gasteiger charge is 2.13. The number of aryl methyl sites for hydroxylation is 2. The van der Waals surface area contributed by atoms with E-state index in [9.17, 15) is 4.79 Å². The molecule has 0 spiro atoms. The van der Waals surface area contributed by atoms with Gasteiger partial charge in [-0.2, -0.15) is 0 Å². The molecule has 0 radical (unpaired) electrons. The van der Waals surface area contributed by atoms with Crippen LogP contribution in [0.15, 0.2) is 66.7 Å². The van der Waals surface area contributed by atoms with Crippen LogP contribution >= 0.6 is 11.6 Å². The molecule has 144 valence electrons. The van der Waals surface area contributed by atoms with Gasteiger partial charge in [-0.05, 0) is 61.7 Å². The van der Waals surface area contributed by atoms with Crippen LogP contribution in [0.4, 0.5) is 0 Å².